The molecule has 0 radical (unpaired) electrons. The van der Waals surface area contributed by atoms with Crippen LogP contribution in [0.3, 0.4) is 0 Å². The van der Waals surface area contributed by atoms with Gasteiger partial charge >= 0.3 is 12.1 Å². The highest BCUT2D eigenvalue weighted by Crippen LogP contribution is 2.30. The molecule has 0 aliphatic rings. The predicted molar refractivity (Wildman–Crippen MR) is 84.4 cm³/mol. The molecule has 1 unspecified atom stereocenters. The number of nitrogens with one attached hydrogen (secondary N) is 1. The number of amides is 1. The minimum atomic E-state index is -1.28. The third-order valence-electron chi connectivity index (χ3n) is 3.78. The minimum Gasteiger partial charge on any atom is -0.465 e. The number of carboxylic acid groups (broad SMARTS) is 1. The van der Waals surface area contributed by atoms with E-state index >= 15 is 0 Å². The zero-order valence-corrected chi connectivity index (χ0v) is 13.3. The lowest BCUT2D eigenvalue weighted by atomic mass is 9.81. The van der Waals surface area contributed by atoms with E-state index in [1.807, 2.05) is 32.0 Å². The molecule has 1 aromatic rings. The van der Waals surface area contributed by atoms with Gasteiger partial charge in [-0.1, -0.05) is 44.2 Å². The van der Waals surface area contributed by atoms with Gasteiger partial charge in [0.25, 0.3) is 0 Å². The van der Waals surface area contributed by atoms with E-state index in [0.717, 1.165) is 19.3 Å². The van der Waals surface area contributed by atoms with Crippen molar-refractivity contribution in [2.45, 2.75) is 33.1 Å². The second-order valence-electron chi connectivity index (χ2n) is 5.47. The Kier molecular flexibility index (Phi) is 6.63. The van der Waals surface area contributed by atoms with Gasteiger partial charge in [-0.05, 0) is 36.3 Å². The van der Waals surface area contributed by atoms with Crippen molar-refractivity contribution in [2.75, 3.05) is 7.11 Å². The maximum atomic E-state index is 11.7. The zero-order chi connectivity index (χ0) is 16.6. The maximum absolute atomic E-state index is 11.7. The molecule has 5 nitrogen and oxygen atoms in total. The van der Waals surface area contributed by atoms with Gasteiger partial charge in [-0.15, -0.1) is 0 Å². The molecule has 0 spiro atoms. The number of aryl methyl sites for hydroxylation is 1. The summed E-state index contributed by atoms with van der Waals surface area (Å²) in [6.07, 6.45) is 2.81. The van der Waals surface area contributed by atoms with Gasteiger partial charge in [-0.2, -0.15) is 0 Å². The fourth-order valence-electron chi connectivity index (χ4n) is 2.15. The van der Waals surface area contributed by atoms with Crippen LogP contribution < -0.4 is 5.32 Å². The Morgan fingerprint density at radius 3 is 2.45 bits per heavy atom. The lowest BCUT2D eigenvalue weighted by Crippen LogP contribution is -2.29. The number of hydrogen-bond donors (Lipinski definition) is 2. The average Bonchev–Trinajstić information content (AvgIpc) is 2.52. The van der Waals surface area contributed by atoms with Gasteiger partial charge < -0.3 is 9.84 Å². The summed E-state index contributed by atoms with van der Waals surface area (Å²) >= 11 is 0. The Hall–Kier alpha value is -2.30. The molecule has 0 fully saturated rings. The lowest BCUT2D eigenvalue weighted by Gasteiger charge is -2.25. The van der Waals surface area contributed by atoms with Crippen LogP contribution in [0.5, 0.6) is 0 Å². The van der Waals surface area contributed by atoms with Crippen LogP contribution in [0.15, 0.2) is 42.1 Å². The molecule has 0 bridgehead atoms. The van der Waals surface area contributed by atoms with Gasteiger partial charge in [0.15, 0.2) is 0 Å². The number of benzene rings is 1. The standard InChI is InChI=1S/C17H23NO4/c1-4-17(2,11-10-13-8-6-5-7-9-13)12-14(15(19)22-3)18-16(20)21/h5-9,12,18H,4,10-11H2,1-3H3,(H,20,21)/b14-12-. The molecular formula is C17H23NO4. The molecule has 1 rings (SSSR count). The van der Waals surface area contributed by atoms with Gasteiger partial charge in [0.05, 0.1) is 7.11 Å². The Balaban J connectivity index is 2.90. The minimum absolute atomic E-state index is 0.0348. The second kappa shape index (κ2) is 8.22. The SMILES string of the molecule is CCC(C)(/C=C(\NC(=O)O)C(=O)OC)CCc1ccccc1. The normalized spacial score (nSPS) is 14.0. The van der Waals surface area contributed by atoms with E-state index in [2.05, 4.69) is 22.2 Å². The van der Waals surface area contributed by atoms with Crippen molar-refractivity contribution in [3.05, 3.63) is 47.7 Å². The number of carbonyl (C=O) groups is 2. The van der Waals surface area contributed by atoms with Crippen molar-refractivity contribution in [3.8, 4) is 0 Å². The molecule has 0 heterocycles. The molecular weight excluding hydrogens is 282 g/mol. The van der Waals surface area contributed by atoms with Crippen molar-refractivity contribution >= 4 is 12.1 Å². The number of allylic oxidation sites excluding steroid dienone is 1. The van der Waals surface area contributed by atoms with Crippen molar-refractivity contribution in [1.82, 2.24) is 5.32 Å². The van der Waals surface area contributed by atoms with Crippen LogP contribution in [-0.2, 0) is 16.0 Å². The van der Waals surface area contributed by atoms with E-state index in [-0.39, 0.29) is 11.1 Å². The smallest absolute Gasteiger partial charge is 0.409 e. The van der Waals surface area contributed by atoms with E-state index in [9.17, 15) is 9.59 Å². The highest BCUT2D eigenvalue weighted by atomic mass is 16.5. The number of carbonyl (C=O) groups excluding carboxylic acids is 1. The first-order valence-electron chi connectivity index (χ1n) is 7.25. The quantitative estimate of drug-likeness (QED) is 0.598. The largest absolute Gasteiger partial charge is 0.465 e. The molecule has 1 amide bonds. The lowest BCUT2D eigenvalue weighted by molar-refractivity contribution is -0.136. The van der Waals surface area contributed by atoms with E-state index in [1.165, 1.54) is 12.7 Å². The van der Waals surface area contributed by atoms with Crippen molar-refractivity contribution < 1.29 is 19.4 Å². The van der Waals surface area contributed by atoms with E-state index in [0.29, 0.717) is 0 Å². The Morgan fingerprint density at radius 1 is 1.32 bits per heavy atom. The molecule has 2 N–H and O–H groups in total. The molecule has 0 saturated carbocycles. The van der Waals surface area contributed by atoms with Crippen LogP contribution in [0.1, 0.15) is 32.3 Å². The molecule has 5 heteroatoms. The molecule has 0 aliphatic carbocycles. The number of rotatable bonds is 7. The highest BCUT2D eigenvalue weighted by Gasteiger charge is 2.24. The summed E-state index contributed by atoms with van der Waals surface area (Å²) in [5.41, 5.74) is 0.871. The van der Waals surface area contributed by atoms with Gasteiger partial charge in [-0.3, -0.25) is 5.32 Å². The summed E-state index contributed by atoms with van der Waals surface area (Å²) in [7, 11) is 1.23. The molecule has 0 saturated heterocycles. The number of esters is 1. The van der Waals surface area contributed by atoms with Crippen molar-refractivity contribution in [1.29, 1.82) is 0 Å². The molecule has 0 aliphatic heterocycles. The number of ether oxygens (including phenoxy) is 1. The molecule has 0 aromatic heterocycles. The summed E-state index contributed by atoms with van der Waals surface area (Å²) in [4.78, 5) is 22.5. The zero-order valence-electron chi connectivity index (χ0n) is 13.3. The van der Waals surface area contributed by atoms with Crippen LogP contribution in [0.25, 0.3) is 0 Å². The highest BCUT2D eigenvalue weighted by molar-refractivity contribution is 5.91. The van der Waals surface area contributed by atoms with Crippen LogP contribution in [-0.4, -0.2) is 24.3 Å². The van der Waals surface area contributed by atoms with Gasteiger partial charge in [0.2, 0.25) is 0 Å². The molecule has 1 atom stereocenters. The summed E-state index contributed by atoms with van der Waals surface area (Å²) < 4.78 is 4.63. The van der Waals surface area contributed by atoms with Crippen LogP contribution in [0, 0.1) is 5.41 Å². The number of methoxy groups -OCH3 is 1. The first-order chi connectivity index (χ1) is 10.4. The third kappa shape index (κ3) is 5.60. The first kappa shape index (κ1) is 17.8. The van der Waals surface area contributed by atoms with Crippen molar-refractivity contribution in [3.63, 3.8) is 0 Å². The topological polar surface area (TPSA) is 75.6 Å². The molecule has 22 heavy (non-hydrogen) atoms. The summed E-state index contributed by atoms with van der Waals surface area (Å²) in [6, 6.07) is 10.0. The Labute approximate surface area is 131 Å². The Bertz CT molecular complexity index is 539. The summed E-state index contributed by atoms with van der Waals surface area (Å²) in [5, 5.41) is 11.0. The summed E-state index contributed by atoms with van der Waals surface area (Å²) in [5.74, 6) is -0.679. The summed E-state index contributed by atoms with van der Waals surface area (Å²) in [6.45, 7) is 4.01. The van der Waals surface area contributed by atoms with Crippen LogP contribution >= 0.6 is 0 Å². The molecule has 120 valence electrons. The number of hydrogen-bond acceptors (Lipinski definition) is 3. The average molecular weight is 305 g/mol. The van der Waals surface area contributed by atoms with Crippen LogP contribution in [0.4, 0.5) is 4.79 Å². The van der Waals surface area contributed by atoms with Gasteiger partial charge in [0, 0.05) is 0 Å². The fourth-order valence-corrected chi connectivity index (χ4v) is 2.15. The van der Waals surface area contributed by atoms with Gasteiger partial charge in [-0.25, -0.2) is 9.59 Å². The predicted octanol–water partition coefficient (Wildman–Crippen LogP) is 3.36. The monoisotopic (exact) mass is 305 g/mol. The maximum Gasteiger partial charge on any atom is 0.409 e. The van der Waals surface area contributed by atoms with E-state index < -0.39 is 12.1 Å². The first-order valence-corrected chi connectivity index (χ1v) is 7.25. The van der Waals surface area contributed by atoms with E-state index in [4.69, 9.17) is 5.11 Å². The van der Waals surface area contributed by atoms with Crippen molar-refractivity contribution in [2.24, 2.45) is 5.41 Å². The fraction of sp³-hybridized carbons (Fsp3) is 0.412. The second-order valence-corrected chi connectivity index (χ2v) is 5.47. The van der Waals surface area contributed by atoms with Gasteiger partial charge in [0.1, 0.15) is 5.70 Å². The molecule has 1 aromatic carbocycles. The third-order valence-corrected chi connectivity index (χ3v) is 3.78. The van der Waals surface area contributed by atoms with Crippen LogP contribution in [0.2, 0.25) is 0 Å². The van der Waals surface area contributed by atoms with E-state index in [1.54, 1.807) is 6.08 Å². The Morgan fingerprint density at radius 2 is 1.95 bits per heavy atom.